The second-order valence-corrected chi connectivity index (χ2v) is 2.96. The van der Waals surface area contributed by atoms with Crippen molar-refractivity contribution in [3.63, 3.8) is 0 Å². The molecule has 0 aliphatic rings. The van der Waals surface area contributed by atoms with Crippen LogP contribution in [0, 0.1) is 5.82 Å². The summed E-state index contributed by atoms with van der Waals surface area (Å²) < 4.78 is 18.2. The Balaban J connectivity index is 3.01. The maximum Gasteiger partial charge on any atom is 0.127 e. The molecule has 3 nitrogen and oxygen atoms in total. The summed E-state index contributed by atoms with van der Waals surface area (Å²) in [5.74, 6) is 0.145. The highest BCUT2D eigenvalue weighted by atomic mass is 19.1. The van der Waals surface area contributed by atoms with Gasteiger partial charge in [0.25, 0.3) is 0 Å². The van der Waals surface area contributed by atoms with Crippen molar-refractivity contribution in [2.24, 2.45) is 11.5 Å². The maximum absolute atomic E-state index is 12.9. The van der Waals surface area contributed by atoms with Crippen LogP contribution in [0.5, 0.6) is 5.75 Å². The van der Waals surface area contributed by atoms with E-state index in [9.17, 15) is 4.39 Å². The van der Waals surface area contributed by atoms with Crippen LogP contribution in [0.25, 0.3) is 0 Å². The lowest BCUT2D eigenvalue weighted by molar-refractivity contribution is 0.332. The summed E-state index contributed by atoms with van der Waals surface area (Å²) in [7, 11) is 0. The first kappa shape index (κ1) is 10.9. The summed E-state index contributed by atoms with van der Waals surface area (Å²) in [4.78, 5) is 0. The molecule has 1 atom stereocenters. The highest BCUT2D eigenvalue weighted by Gasteiger charge is 2.11. The molecule has 0 spiro atoms. The van der Waals surface area contributed by atoms with Crippen molar-refractivity contribution in [3.8, 4) is 5.75 Å². The molecule has 4 heteroatoms. The van der Waals surface area contributed by atoms with Crippen molar-refractivity contribution in [1.82, 2.24) is 0 Å². The molecule has 0 saturated carbocycles. The fraction of sp³-hybridized carbons (Fsp3) is 0.400. The van der Waals surface area contributed by atoms with Crippen LogP contribution in [0.1, 0.15) is 18.5 Å². The van der Waals surface area contributed by atoms with Crippen molar-refractivity contribution >= 4 is 0 Å². The van der Waals surface area contributed by atoms with E-state index in [4.69, 9.17) is 16.2 Å². The summed E-state index contributed by atoms with van der Waals surface area (Å²) in [5, 5.41) is 0. The molecule has 1 rings (SSSR count). The molecule has 78 valence electrons. The van der Waals surface area contributed by atoms with Gasteiger partial charge >= 0.3 is 0 Å². The lowest BCUT2D eigenvalue weighted by Gasteiger charge is -2.14. The van der Waals surface area contributed by atoms with Gasteiger partial charge in [0, 0.05) is 24.2 Å². The van der Waals surface area contributed by atoms with Crippen molar-refractivity contribution in [3.05, 3.63) is 29.6 Å². The Morgan fingerprint density at radius 3 is 2.79 bits per heavy atom. The number of halogens is 1. The van der Waals surface area contributed by atoms with E-state index in [0.717, 1.165) is 5.56 Å². The number of hydrogen-bond donors (Lipinski definition) is 2. The van der Waals surface area contributed by atoms with Gasteiger partial charge in [-0.1, -0.05) is 6.07 Å². The standard InChI is InChI=1S/C10H15FN2O/c1-2-14-10-5-7(11)3-4-8(10)9(13)6-12/h3-5,9H,2,6,12-13H2,1H3. The monoisotopic (exact) mass is 198 g/mol. The predicted molar refractivity (Wildman–Crippen MR) is 53.6 cm³/mol. The Labute approximate surface area is 82.9 Å². The second kappa shape index (κ2) is 4.93. The minimum absolute atomic E-state index is 0.308. The second-order valence-electron chi connectivity index (χ2n) is 2.96. The highest BCUT2D eigenvalue weighted by molar-refractivity contribution is 5.36. The zero-order valence-electron chi connectivity index (χ0n) is 8.16. The Kier molecular flexibility index (Phi) is 3.85. The SMILES string of the molecule is CCOc1cc(F)ccc1C(N)CN. The van der Waals surface area contributed by atoms with Crippen LogP contribution in [0.3, 0.4) is 0 Å². The first-order valence-electron chi connectivity index (χ1n) is 4.57. The molecule has 1 unspecified atom stereocenters. The van der Waals surface area contributed by atoms with Crippen molar-refractivity contribution < 1.29 is 9.13 Å². The van der Waals surface area contributed by atoms with Gasteiger partial charge < -0.3 is 16.2 Å². The molecule has 0 bridgehead atoms. The molecule has 0 fully saturated rings. The van der Waals surface area contributed by atoms with Crippen molar-refractivity contribution in [2.75, 3.05) is 13.2 Å². The summed E-state index contributed by atoms with van der Waals surface area (Å²) in [5.41, 5.74) is 11.9. The van der Waals surface area contributed by atoms with E-state index in [2.05, 4.69) is 0 Å². The number of ether oxygens (including phenoxy) is 1. The Bertz CT molecular complexity index is 304. The molecule has 0 radical (unpaired) electrons. The van der Waals surface area contributed by atoms with Crippen LogP contribution < -0.4 is 16.2 Å². The van der Waals surface area contributed by atoms with Gasteiger partial charge in [-0.15, -0.1) is 0 Å². The quantitative estimate of drug-likeness (QED) is 0.763. The van der Waals surface area contributed by atoms with E-state index in [1.54, 1.807) is 6.07 Å². The lowest BCUT2D eigenvalue weighted by Crippen LogP contribution is -2.21. The zero-order chi connectivity index (χ0) is 10.6. The Morgan fingerprint density at radius 1 is 1.50 bits per heavy atom. The smallest absolute Gasteiger partial charge is 0.127 e. The average molecular weight is 198 g/mol. The normalized spacial score (nSPS) is 12.6. The summed E-state index contributed by atoms with van der Waals surface area (Å²) >= 11 is 0. The molecule has 0 heterocycles. The molecular formula is C10H15FN2O. The molecule has 0 saturated heterocycles. The average Bonchev–Trinajstić information content (AvgIpc) is 2.17. The first-order valence-corrected chi connectivity index (χ1v) is 4.57. The van der Waals surface area contributed by atoms with Crippen LogP contribution in [0.4, 0.5) is 4.39 Å². The van der Waals surface area contributed by atoms with Gasteiger partial charge in [-0.3, -0.25) is 0 Å². The van der Waals surface area contributed by atoms with Crippen LogP contribution in [0.15, 0.2) is 18.2 Å². The highest BCUT2D eigenvalue weighted by Crippen LogP contribution is 2.24. The van der Waals surface area contributed by atoms with Crippen LogP contribution in [0.2, 0.25) is 0 Å². The Hall–Kier alpha value is -1.13. The van der Waals surface area contributed by atoms with E-state index >= 15 is 0 Å². The van der Waals surface area contributed by atoms with Gasteiger partial charge in [0.15, 0.2) is 0 Å². The molecule has 4 N–H and O–H groups in total. The molecule has 1 aromatic rings. The summed E-state index contributed by atoms with van der Waals surface area (Å²) in [6.45, 7) is 2.63. The molecular weight excluding hydrogens is 183 g/mol. The molecule has 0 aliphatic heterocycles. The fourth-order valence-corrected chi connectivity index (χ4v) is 1.22. The van der Waals surface area contributed by atoms with E-state index < -0.39 is 0 Å². The van der Waals surface area contributed by atoms with Gasteiger partial charge in [0.2, 0.25) is 0 Å². The molecule has 0 aliphatic carbocycles. The third-order valence-electron chi connectivity index (χ3n) is 1.93. The fourth-order valence-electron chi connectivity index (χ4n) is 1.22. The third kappa shape index (κ3) is 2.43. The van der Waals surface area contributed by atoms with Gasteiger partial charge in [-0.25, -0.2) is 4.39 Å². The van der Waals surface area contributed by atoms with Gasteiger partial charge in [-0.2, -0.15) is 0 Å². The number of hydrogen-bond acceptors (Lipinski definition) is 3. The molecule has 1 aromatic carbocycles. The minimum atomic E-state index is -0.332. The van der Waals surface area contributed by atoms with E-state index in [1.807, 2.05) is 6.92 Å². The van der Waals surface area contributed by atoms with E-state index in [-0.39, 0.29) is 11.9 Å². The Morgan fingerprint density at radius 2 is 2.21 bits per heavy atom. The lowest BCUT2D eigenvalue weighted by atomic mass is 10.1. The number of rotatable bonds is 4. The number of benzene rings is 1. The van der Waals surface area contributed by atoms with Gasteiger partial charge in [0.1, 0.15) is 11.6 Å². The first-order chi connectivity index (χ1) is 6.69. The third-order valence-corrected chi connectivity index (χ3v) is 1.93. The molecule has 14 heavy (non-hydrogen) atoms. The summed E-state index contributed by atoms with van der Waals surface area (Å²) in [6.07, 6.45) is 0. The van der Waals surface area contributed by atoms with Crippen LogP contribution in [-0.4, -0.2) is 13.2 Å². The van der Waals surface area contributed by atoms with Crippen LogP contribution >= 0.6 is 0 Å². The van der Waals surface area contributed by atoms with Gasteiger partial charge in [0.05, 0.1) is 6.61 Å². The minimum Gasteiger partial charge on any atom is -0.493 e. The van der Waals surface area contributed by atoms with Crippen molar-refractivity contribution in [2.45, 2.75) is 13.0 Å². The largest absolute Gasteiger partial charge is 0.493 e. The van der Waals surface area contributed by atoms with Crippen molar-refractivity contribution in [1.29, 1.82) is 0 Å². The topological polar surface area (TPSA) is 61.3 Å². The number of nitrogens with two attached hydrogens (primary N) is 2. The maximum atomic E-state index is 12.9. The molecule has 0 amide bonds. The zero-order valence-corrected chi connectivity index (χ0v) is 8.16. The van der Waals surface area contributed by atoms with E-state index in [0.29, 0.717) is 18.9 Å². The van der Waals surface area contributed by atoms with Crippen LogP contribution in [-0.2, 0) is 0 Å². The molecule has 0 aromatic heterocycles. The van der Waals surface area contributed by atoms with E-state index in [1.165, 1.54) is 12.1 Å². The van der Waals surface area contributed by atoms with Gasteiger partial charge in [-0.05, 0) is 13.0 Å². The predicted octanol–water partition coefficient (Wildman–Crippen LogP) is 1.18. The summed E-state index contributed by atoms with van der Waals surface area (Å²) in [6, 6.07) is 3.98.